The number of nitrogens with zero attached hydrogens (tertiary/aromatic N) is 2. The molecule has 132 valence electrons. The Kier molecular flexibility index (Phi) is 5.93. The number of benzene rings is 2. The lowest BCUT2D eigenvalue weighted by molar-refractivity contribution is -0.150. The Morgan fingerprint density at radius 2 is 1.65 bits per heavy atom. The number of ketones is 1. The molecule has 5 nitrogen and oxygen atoms in total. The predicted octanol–water partition coefficient (Wildman–Crippen LogP) is 3.83. The van der Waals surface area contributed by atoms with Crippen molar-refractivity contribution in [3.8, 4) is 0 Å². The van der Waals surface area contributed by atoms with Crippen LogP contribution in [0.2, 0.25) is 0 Å². The topological polar surface area (TPSA) is 61.2 Å². The first-order valence-electron chi connectivity index (χ1n) is 8.51. The van der Waals surface area contributed by atoms with E-state index in [2.05, 4.69) is 4.98 Å². The second-order valence-corrected chi connectivity index (χ2v) is 5.94. The average molecular weight is 348 g/mol. The predicted molar refractivity (Wildman–Crippen MR) is 97.5 cm³/mol. The first-order valence-corrected chi connectivity index (χ1v) is 8.51. The fourth-order valence-electron chi connectivity index (χ4n) is 2.67. The van der Waals surface area contributed by atoms with Crippen molar-refractivity contribution in [3.05, 3.63) is 90.5 Å². The molecule has 0 amide bonds. The molecule has 26 heavy (non-hydrogen) atoms. The van der Waals surface area contributed by atoms with Crippen LogP contribution in [0.3, 0.4) is 0 Å². The fraction of sp³-hybridized carbons (Fsp3) is 0.190. The number of esters is 1. The normalized spacial score (nSPS) is 11.7. The Hall–Kier alpha value is -3.21. The van der Waals surface area contributed by atoms with Crippen LogP contribution in [0.25, 0.3) is 0 Å². The number of hydrogen-bond acceptors (Lipinski definition) is 4. The van der Waals surface area contributed by atoms with Gasteiger partial charge in [0.2, 0.25) is 0 Å². The summed E-state index contributed by atoms with van der Waals surface area (Å²) in [6, 6.07) is 18.5. The van der Waals surface area contributed by atoms with Crippen molar-refractivity contribution in [2.24, 2.45) is 0 Å². The van der Waals surface area contributed by atoms with Crippen LogP contribution in [0.4, 0.5) is 0 Å². The van der Waals surface area contributed by atoms with Gasteiger partial charge >= 0.3 is 5.97 Å². The van der Waals surface area contributed by atoms with E-state index in [1.165, 1.54) is 0 Å². The van der Waals surface area contributed by atoms with Crippen LogP contribution >= 0.6 is 0 Å². The summed E-state index contributed by atoms with van der Waals surface area (Å²) in [5.41, 5.74) is 1.52. The largest absolute Gasteiger partial charge is 0.456 e. The Bertz CT molecular complexity index is 830. The fourth-order valence-corrected chi connectivity index (χ4v) is 2.67. The molecule has 0 spiro atoms. The summed E-state index contributed by atoms with van der Waals surface area (Å²) in [7, 11) is 0. The maximum Gasteiger partial charge on any atom is 0.306 e. The van der Waals surface area contributed by atoms with Gasteiger partial charge in [-0.3, -0.25) is 9.59 Å². The van der Waals surface area contributed by atoms with Crippen molar-refractivity contribution in [2.75, 3.05) is 0 Å². The number of rotatable bonds is 8. The molecule has 3 rings (SSSR count). The smallest absolute Gasteiger partial charge is 0.306 e. The zero-order chi connectivity index (χ0) is 18.2. The Morgan fingerprint density at radius 1 is 0.962 bits per heavy atom. The van der Waals surface area contributed by atoms with Crippen LogP contribution in [-0.4, -0.2) is 21.3 Å². The molecule has 0 aliphatic heterocycles. The van der Waals surface area contributed by atoms with Gasteiger partial charge < -0.3 is 9.30 Å². The van der Waals surface area contributed by atoms with Crippen LogP contribution in [0, 0.1) is 0 Å². The van der Waals surface area contributed by atoms with Gasteiger partial charge in [0.15, 0.2) is 5.78 Å². The maximum atomic E-state index is 12.3. The minimum absolute atomic E-state index is 0.0565. The van der Waals surface area contributed by atoms with Crippen molar-refractivity contribution >= 4 is 11.8 Å². The first-order chi connectivity index (χ1) is 12.7. The van der Waals surface area contributed by atoms with Crippen molar-refractivity contribution in [3.63, 3.8) is 0 Å². The highest BCUT2D eigenvalue weighted by Crippen LogP contribution is 2.20. The van der Waals surface area contributed by atoms with E-state index < -0.39 is 6.10 Å². The quantitative estimate of drug-likeness (QED) is 0.458. The highest BCUT2D eigenvalue weighted by molar-refractivity contribution is 5.97. The standard InChI is InChI=1S/C21H20N2O3/c24-19(17-7-3-1-4-8-17)11-12-21(25)26-20(15-23-14-13-22-16-23)18-9-5-2-6-10-18/h1-10,13-14,16,20H,11-12,15H2. The molecule has 1 heterocycles. The molecule has 0 N–H and O–H groups in total. The molecular formula is C21H20N2O3. The molecule has 0 fully saturated rings. The number of ether oxygens (including phenoxy) is 1. The van der Waals surface area contributed by atoms with Gasteiger partial charge in [-0.25, -0.2) is 4.98 Å². The number of aromatic nitrogens is 2. The number of carbonyl (C=O) groups excluding carboxylic acids is 2. The summed E-state index contributed by atoms with van der Waals surface area (Å²) in [5.74, 6) is -0.448. The lowest BCUT2D eigenvalue weighted by Crippen LogP contribution is -2.17. The molecule has 0 bridgehead atoms. The molecule has 0 aliphatic rings. The second-order valence-electron chi connectivity index (χ2n) is 5.94. The van der Waals surface area contributed by atoms with Gasteiger partial charge in [-0.15, -0.1) is 0 Å². The zero-order valence-electron chi connectivity index (χ0n) is 14.3. The van der Waals surface area contributed by atoms with E-state index in [1.807, 2.05) is 59.3 Å². The zero-order valence-corrected chi connectivity index (χ0v) is 14.3. The van der Waals surface area contributed by atoms with E-state index in [1.54, 1.807) is 24.7 Å². The molecule has 0 saturated heterocycles. The molecule has 0 radical (unpaired) electrons. The summed E-state index contributed by atoms with van der Waals surface area (Å²) in [6.45, 7) is 0.475. The average Bonchev–Trinajstić information content (AvgIpc) is 3.20. The molecule has 0 saturated carbocycles. The number of carbonyl (C=O) groups is 2. The van der Waals surface area contributed by atoms with E-state index in [9.17, 15) is 9.59 Å². The third-order valence-corrected chi connectivity index (χ3v) is 4.03. The van der Waals surface area contributed by atoms with Crippen LogP contribution in [0.15, 0.2) is 79.4 Å². The number of Topliss-reactive ketones (excluding diaryl/α,β-unsaturated/α-hetero) is 1. The van der Waals surface area contributed by atoms with E-state index in [0.717, 1.165) is 5.56 Å². The summed E-state index contributed by atoms with van der Waals surface area (Å²) in [5, 5.41) is 0. The van der Waals surface area contributed by atoms with Crippen molar-refractivity contribution in [1.29, 1.82) is 0 Å². The van der Waals surface area contributed by atoms with E-state index in [4.69, 9.17) is 4.74 Å². The summed E-state index contributed by atoms with van der Waals surface area (Å²) in [4.78, 5) is 28.5. The van der Waals surface area contributed by atoms with Gasteiger partial charge in [-0.05, 0) is 5.56 Å². The maximum absolute atomic E-state index is 12.3. The summed E-state index contributed by atoms with van der Waals surface area (Å²) in [6.07, 6.45) is 4.95. The van der Waals surface area contributed by atoms with Gasteiger partial charge in [0.1, 0.15) is 6.10 Å². The lowest BCUT2D eigenvalue weighted by Gasteiger charge is -2.19. The van der Waals surface area contributed by atoms with Crippen LogP contribution in [-0.2, 0) is 16.1 Å². The van der Waals surface area contributed by atoms with Gasteiger partial charge in [0.05, 0.1) is 19.3 Å². The highest BCUT2D eigenvalue weighted by Gasteiger charge is 2.18. The minimum atomic E-state index is -0.426. The Morgan fingerprint density at radius 3 is 2.31 bits per heavy atom. The van der Waals surface area contributed by atoms with E-state index in [0.29, 0.717) is 12.1 Å². The van der Waals surface area contributed by atoms with Gasteiger partial charge in [0.25, 0.3) is 0 Å². The Balaban J connectivity index is 1.61. The third kappa shape index (κ3) is 4.89. The molecule has 5 heteroatoms. The van der Waals surface area contributed by atoms with E-state index in [-0.39, 0.29) is 24.6 Å². The second kappa shape index (κ2) is 8.76. The molecule has 1 atom stereocenters. The molecule has 2 aromatic carbocycles. The van der Waals surface area contributed by atoms with Crippen molar-refractivity contribution in [2.45, 2.75) is 25.5 Å². The molecule has 1 aromatic heterocycles. The third-order valence-electron chi connectivity index (χ3n) is 4.03. The Labute approximate surface area is 152 Å². The first kappa shape index (κ1) is 17.6. The van der Waals surface area contributed by atoms with Gasteiger partial charge in [0, 0.05) is 24.4 Å². The minimum Gasteiger partial charge on any atom is -0.456 e. The van der Waals surface area contributed by atoms with Crippen molar-refractivity contribution < 1.29 is 14.3 Å². The van der Waals surface area contributed by atoms with Gasteiger partial charge in [-0.1, -0.05) is 60.7 Å². The molecule has 3 aromatic rings. The highest BCUT2D eigenvalue weighted by atomic mass is 16.5. The van der Waals surface area contributed by atoms with Crippen LogP contribution < -0.4 is 0 Å². The van der Waals surface area contributed by atoms with Crippen LogP contribution in [0.5, 0.6) is 0 Å². The van der Waals surface area contributed by atoms with Crippen LogP contribution in [0.1, 0.15) is 34.9 Å². The van der Waals surface area contributed by atoms with E-state index >= 15 is 0 Å². The number of imidazole rings is 1. The number of hydrogen-bond donors (Lipinski definition) is 0. The lowest BCUT2D eigenvalue weighted by atomic mass is 10.1. The van der Waals surface area contributed by atoms with Crippen molar-refractivity contribution in [1.82, 2.24) is 9.55 Å². The molecular weight excluding hydrogens is 328 g/mol. The summed E-state index contributed by atoms with van der Waals surface area (Å²) >= 11 is 0. The molecule has 0 aliphatic carbocycles. The van der Waals surface area contributed by atoms with Gasteiger partial charge in [-0.2, -0.15) is 0 Å². The summed E-state index contributed by atoms with van der Waals surface area (Å²) < 4.78 is 7.52. The molecule has 1 unspecified atom stereocenters. The SMILES string of the molecule is O=C(CCC(=O)c1ccccc1)OC(Cn1ccnc1)c1ccccc1. The monoisotopic (exact) mass is 348 g/mol.